The highest BCUT2D eigenvalue weighted by Crippen LogP contribution is 2.31. The summed E-state index contributed by atoms with van der Waals surface area (Å²) in [5.74, 6) is 1.02. The van der Waals surface area contributed by atoms with E-state index in [-0.39, 0.29) is 11.8 Å². The molecular formula is C27H28N2O4. The number of fused-ring (bicyclic) bond motifs is 1. The SMILES string of the molecule is CCOc1ccc(C(=O)NCc2ccc3c(c2)CCN3C(=O)c2ccccc2)cc1OCC. The minimum Gasteiger partial charge on any atom is -0.490 e. The highest BCUT2D eigenvalue weighted by Gasteiger charge is 2.25. The minimum absolute atomic E-state index is 0.0102. The monoisotopic (exact) mass is 444 g/mol. The Morgan fingerprint density at radius 3 is 2.39 bits per heavy atom. The molecule has 0 atom stereocenters. The molecule has 0 bridgehead atoms. The van der Waals surface area contributed by atoms with E-state index in [0.717, 1.165) is 23.2 Å². The van der Waals surface area contributed by atoms with Gasteiger partial charge in [0.05, 0.1) is 13.2 Å². The molecule has 1 heterocycles. The first-order valence-electron chi connectivity index (χ1n) is 11.3. The molecule has 6 heteroatoms. The van der Waals surface area contributed by atoms with Gasteiger partial charge in [-0.15, -0.1) is 0 Å². The number of ether oxygens (including phenoxy) is 2. The molecule has 3 aromatic rings. The van der Waals surface area contributed by atoms with Gasteiger partial charge in [-0.05, 0) is 67.8 Å². The summed E-state index contributed by atoms with van der Waals surface area (Å²) in [6.45, 7) is 5.87. The topological polar surface area (TPSA) is 67.9 Å². The smallest absolute Gasteiger partial charge is 0.258 e. The molecule has 0 fully saturated rings. The zero-order valence-corrected chi connectivity index (χ0v) is 19.0. The fraction of sp³-hybridized carbons (Fsp3) is 0.259. The molecule has 0 spiro atoms. The van der Waals surface area contributed by atoms with Crippen molar-refractivity contribution >= 4 is 17.5 Å². The van der Waals surface area contributed by atoms with Gasteiger partial charge in [0, 0.05) is 29.9 Å². The molecule has 6 nitrogen and oxygen atoms in total. The predicted molar refractivity (Wildman–Crippen MR) is 128 cm³/mol. The lowest BCUT2D eigenvalue weighted by molar-refractivity contribution is 0.0949. The number of rotatable bonds is 8. The first kappa shape index (κ1) is 22.4. The predicted octanol–water partition coefficient (Wildman–Crippen LogP) is 4.62. The van der Waals surface area contributed by atoms with Crippen LogP contribution in [0.15, 0.2) is 66.7 Å². The van der Waals surface area contributed by atoms with Crippen molar-refractivity contribution in [2.45, 2.75) is 26.8 Å². The van der Waals surface area contributed by atoms with E-state index < -0.39 is 0 Å². The van der Waals surface area contributed by atoms with Crippen LogP contribution in [0.25, 0.3) is 0 Å². The van der Waals surface area contributed by atoms with E-state index in [0.29, 0.717) is 48.9 Å². The Labute approximate surface area is 194 Å². The molecule has 0 aliphatic carbocycles. The van der Waals surface area contributed by atoms with Crippen molar-refractivity contribution in [2.24, 2.45) is 0 Å². The van der Waals surface area contributed by atoms with Crippen LogP contribution in [0.4, 0.5) is 5.69 Å². The summed E-state index contributed by atoms with van der Waals surface area (Å²) in [4.78, 5) is 27.4. The Kier molecular flexibility index (Phi) is 6.93. The first-order chi connectivity index (χ1) is 16.1. The summed E-state index contributed by atoms with van der Waals surface area (Å²) < 4.78 is 11.2. The molecule has 0 saturated heterocycles. The molecule has 0 radical (unpaired) electrons. The summed E-state index contributed by atoms with van der Waals surface area (Å²) in [6, 6.07) is 20.5. The van der Waals surface area contributed by atoms with Crippen molar-refractivity contribution in [1.29, 1.82) is 0 Å². The standard InChI is InChI=1S/C27H28N2O4/c1-3-32-24-13-11-22(17-25(24)33-4-2)26(30)28-18-19-10-12-23-21(16-19)14-15-29(23)27(31)20-8-6-5-7-9-20/h5-13,16-17H,3-4,14-15,18H2,1-2H3,(H,28,30). The molecule has 33 heavy (non-hydrogen) atoms. The van der Waals surface area contributed by atoms with E-state index in [1.54, 1.807) is 18.2 Å². The second-order valence-corrected chi connectivity index (χ2v) is 7.75. The fourth-order valence-electron chi connectivity index (χ4n) is 3.99. The molecule has 1 aliphatic rings. The quantitative estimate of drug-likeness (QED) is 0.551. The Morgan fingerprint density at radius 1 is 0.879 bits per heavy atom. The van der Waals surface area contributed by atoms with Crippen LogP contribution in [0, 0.1) is 0 Å². The van der Waals surface area contributed by atoms with Crippen molar-refractivity contribution < 1.29 is 19.1 Å². The summed E-state index contributed by atoms with van der Waals surface area (Å²) in [5.41, 5.74) is 4.25. The van der Waals surface area contributed by atoms with Crippen molar-refractivity contribution in [3.8, 4) is 11.5 Å². The lowest BCUT2D eigenvalue weighted by Crippen LogP contribution is -2.28. The molecule has 4 rings (SSSR count). The van der Waals surface area contributed by atoms with Crippen LogP contribution in [0.5, 0.6) is 11.5 Å². The summed E-state index contributed by atoms with van der Waals surface area (Å²) in [5, 5.41) is 2.97. The maximum absolute atomic E-state index is 12.9. The molecule has 2 amide bonds. The average Bonchev–Trinajstić information content (AvgIpc) is 3.27. The van der Waals surface area contributed by atoms with Crippen LogP contribution in [-0.2, 0) is 13.0 Å². The van der Waals surface area contributed by atoms with Gasteiger partial charge < -0.3 is 19.7 Å². The molecule has 0 aromatic heterocycles. The molecule has 3 aromatic carbocycles. The molecule has 0 saturated carbocycles. The zero-order chi connectivity index (χ0) is 23.2. The molecule has 1 aliphatic heterocycles. The van der Waals surface area contributed by atoms with Gasteiger partial charge in [-0.1, -0.05) is 30.3 Å². The fourth-order valence-corrected chi connectivity index (χ4v) is 3.99. The maximum atomic E-state index is 12.9. The largest absolute Gasteiger partial charge is 0.490 e. The van der Waals surface area contributed by atoms with Crippen LogP contribution in [0.2, 0.25) is 0 Å². The van der Waals surface area contributed by atoms with Crippen molar-refractivity contribution in [3.05, 3.63) is 89.0 Å². The van der Waals surface area contributed by atoms with Crippen LogP contribution < -0.4 is 19.7 Å². The number of carbonyl (C=O) groups is 2. The van der Waals surface area contributed by atoms with Gasteiger partial charge >= 0.3 is 0 Å². The van der Waals surface area contributed by atoms with Gasteiger partial charge in [0.25, 0.3) is 11.8 Å². The van der Waals surface area contributed by atoms with Gasteiger partial charge in [0.2, 0.25) is 0 Å². The Bertz CT molecular complexity index is 1140. The maximum Gasteiger partial charge on any atom is 0.258 e. The lowest BCUT2D eigenvalue weighted by Gasteiger charge is -2.17. The van der Waals surface area contributed by atoms with Gasteiger partial charge in [-0.2, -0.15) is 0 Å². The highest BCUT2D eigenvalue weighted by atomic mass is 16.5. The summed E-state index contributed by atoms with van der Waals surface area (Å²) in [7, 11) is 0. The van der Waals surface area contributed by atoms with Crippen molar-refractivity contribution in [3.63, 3.8) is 0 Å². The van der Waals surface area contributed by atoms with Crippen LogP contribution in [0.3, 0.4) is 0 Å². The van der Waals surface area contributed by atoms with E-state index in [4.69, 9.17) is 9.47 Å². The van der Waals surface area contributed by atoms with E-state index >= 15 is 0 Å². The Morgan fingerprint density at radius 2 is 1.64 bits per heavy atom. The second kappa shape index (κ2) is 10.2. The molecular weight excluding hydrogens is 416 g/mol. The van der Waals surface area contributed by atoms with Crippen LogP contribution in [0.1, 0.15) is 45.7 Å². The number of hydrogen-bond donors (Lipinski definition) is 1. The number of benzene rings is 3. The van der Waals surface area contributed by atoms with E-state index in [2.05, 4.69) is 11.4 Å². The van der Waals surface area contributed by atoms with E-state index in [1.165, 1.54) is 0 Å². The Hall–Kier alpha value is -3.80. The van der Waals surface area contributed by atoms with E-state index in [1.807, 2.05) is 61.2 Å². The van der Waals surface area contributed by atoms with Gasteiger partial charge in [-0.25, -0.2) is 0 Å². The van der Waals surface area contributed by atoms with Gasteiger partial charge in [0.15, 0.2) is 11.5 Å². The molecule has 0 unspecified atom stereocenters. The third kappa shape index (κ3) is 5.00. The second-order valence-electron chi connectivity index (χ2n) is 7.75. The minimum atomic E-state index is -0.180. The average molecular weight is 445 g/mol. The molecule has 1 N–H and O–H groups in total. The highest BCUT2D eigenvalue weighted by molar-refractivity contribution is 6.07. The van der Waals surface area contributed by atoms with E-state index in [9.17, 15) is 9.59 Å². The van der Waals surface area contributed by atoms with Crippen LogP contribution >= 0.6 is 0 Å². The first-order valence-corrected chi connectivity index (χ1v) is 11.3. The number of carbonyl (C=O) groups excluding carboxylic acids is 2. The van der Waals surface area contributed by atoms with Crippen molar-refractivity contribution in [1.82, 2.24) is 5.32 Å². The number of nitrogens with zero attached hydrogens (tertiary/aromatic N) is 1. The third-order valence-electron chi connectivity index (χ3n) is 5.56. The summed E-state index contributed by atoms with van der Waals surface area (Å²) >= 11 is 0. The van der Waals surface area contributed by atoms with Crippen LogP contribution in [-0.4, -0.2) is 31.6 Å². The number of amides is 2. The van der Waals surface area contributed by atoms with Gasteiger partial charge in [0.1, 0.15) is 0 Å². The molecule has 170 valence electrons. The lowest BCUT2D eigenvalue weighted by atomic mass is 10.1. The van der Waals surface area contributed by atoms with Crippen molar-refractivity contribution in [2.75, 3.05) is 24.7 Å². The summed E-state index contributed by atoms with van der Waals surface area (Å²) in [6.07, 6.45) is 0.798. The normalized spacial score (nSPS) is 12.2. The number of hydrogen-bond acceptors (Lipinski definition) is 4. The third-order valence-corrected chi connectivity index (χ3v) is 5.56. The Balaban J connectivity index is 1.42. The number of nitrogens with one attached hydrogen (secondary N) is 1. The number of anilines is 1. The van der Waals surface area contributed by atoms with Gasteiger partial charge in [-0.3, -0.25) is 9.59 Å². The zero-order valence-electron chi connectivity index (χ0n) is 19.0.